The number of hydrogen-bond acceptors (Lipinski definition) is 4. The number of benzene rings is 1. The minimum Gasteiger partial charge on any atom is -0.399 e. The second-order valence-electron chi connectivity index (χ2n) is 8.80. The van der Waals surface area contributed by atoms with Gasteiger partial charge in [0.25, 0.3) is 0 Å². The van der Waals surface area contributed by atoms with Gasteiger partial charge in [-0.25, -0.2) is 0 Å². The van der Waals surface area contributed by atoms with Gasteiger partial charge in [-0.1, -0.05) is 24.3 Å². The second-order valence-corrected chi connectivity index (χ2v) is 10.8. The van der Waals surface area contributed by atoms with Crippen molar-refractivity contribution in [2.24, 2.45) is 0 Å². The van der Waals surface area contributed by atoms with E-state index < -0.39 is 16.4 Å². The fourth-order valence-corrected chi connectivity index (χ4v) is 6.41. The number of fused-ring (bicyclic) bond motifs is 2. The Morgan fingerprint density at radius 3 is 1.96 bits per heavy atom. The van der Waals surface area contributed by atoms with E-state index in [0.717, 1.165) is 23.9 Å². The lowest BCUT2D eigenvalue weighted by Crippen LogP contribution is -2.41. The fourth-order valence-electron chi connectivity index (χ4n) is 4.25. The summed E-state index contributed by atoms with van der Waals surface area (Å²) in [5, 5.41) is 11.5. The van der Waals surface area contributed by atoms with Crippen molar-refractivity contribution in [3.63, 3.8) is 0 Å². The minimum atomic E-state index is -0.853. The molecule has 25 heavy (non-hydrogen) atoms. The molecule has 3 saturated heterocycles. The second kappa shape index (κ2) is 5.65. The van der Waals surface area contributed by atoms with Crippen LogP contribution in [0.1, 0.15) is 58.9 Å². The maximum Gasteiger partial charge on any atom is 0.494 e. The molecule has 3 heterocycles. The Morgan fingerprint density at radius 1 is 1.00 bits per heavy atom. The quantitative estimate of drug-likeness (QED) is 0.820. The highest BCUT2D eigenvalue weighted by molar-refractivity contribution is 7.86. The zero-order valence-corrected chi connectivity index (χ0v) is 16.3. The first-order valence-corrected chi connectivity index (χ1v) is 10.5. The maximum absolute atomic E-state index is 12.2. The first kappa shape index (κ1) is 17.7. The molecule has 0 amide bonds. The van der Waals surface area contributed by atoms with Gasteiger partial charge in [-0.2, -0.15) is 0 Å². The summed E-state index contributed by atoms with van der Waals surface area (Å²) in [5.41, 5.74) is 0.311. The molecule has 1 aromatic rings. The van der Waals surface area contributed by atoms with Crippen molar-refractivity contribution in [1.29, 1.82) is 0 Å². The van der Waals surface area contributed by atoms with Crippen molar-refractivity contribution in [3.05, 3.63) is 29.8 Å². The Balaban J connectivity index is 1.54. The topological polar surface area (TPSA) is 55.8 Å². The molecule has 0 spiro atoms. The number of aliphatic hydroxyl groups is 1. The minimum absolute atomic E-state index is 0.145. The van der Waals surface area contributed by atoms with Crippen LogP contribution in [0.4, 0.5) is 0 Å². The Kier molecular flexibility index (Phi) is 4.01. The van der Waals surface area contributed by atoms with Crippen LogP contribution in [0.3, 0.4) is 0 Å². The van der Waals surface area contributed by atoms with Gasteiger partial charge in [-0.05, 0) is 64.4 Å². The molecule has 6 heteroatoms. The van der Waals surface area contributed by atoms with Gasteiger partial charge in [0.05, 0.1) is 16.8 Å². The summed E-state index contributed by atoms with van der Waals surface area (Å²) in [6, 6.07) is 7.94. The van der Waals surface area contributed by atoms with Gasteiger partial charge in [0.15, 0.2) is 0 Å². The molecule has 3 aliphatic heterocycles. The molecule has 3 aliphatic rings. The molecule has 2 atom stereocenters. The summed E-state index contributed by atoms with van der Waals surface area (Å²) >= 11 is 0. The van der Waals surface area contributed by atoms with Crippen LogP contribution in [0.2, 0.25) is 0 Å². The Bertz CT molecular complexity index is 668. The van der Waals surface area contributed by atoms with Crippen LogP contribution in [0, 0.1) is 0 Å². The van der Waals surface area contributed by atoms with E-state index in [-0.39, 0.29) is 28.8 Å². The normalized spacial score (nSPS) is 38.9. The monoisotopic (exact) mass is 362 g/mol. The summed E-state index contributed by atoms with van der Waals surface area (Å²) in [7, 11) is -1.15. The lowest BCUT2D eigenvalue weighted by molar-refractivity contribution is 0.00578. The maximum atomic E-state index is 12.2. The third-order valence-corrected chi connectivity index (χ3v) is 8.69. The van der Waals surface area contributed by atoms with Crippen molar-refractivity contribution in [3.8, 4) is 0 Å². The Hall–Kier alpha value is -0.685. The average molecular weight is 362 g/mol. The first-order chi connectivity index (χ1) is 11.6. The molecular weight excluding hydrogens is 335 g/mol. The van der Waals surface area contributed by atoms with E-state index in [1.54, 1.807) is 0 Å². The molecule has 136 valence electrons. The van der Waals surface area contributed by atoms with Crippen molar-refractivity contribution in [2.45, 2.75) is 80.7 Å². The van der Waals surface area contributed by atoms with Crippen LogP contribution in [0.25, 0.3) is 0 Å². The van der Waals surface area contributed by atoms with E-state index in [2.05, 4.69) is 0 Å². The summed E-state index contributed by atoms with van der Waals surface area (Å²) in [6.45, 7) is 8.17. The van der Waals surface area contributed by atoms with Gasteiger partial charge in [0, 0.05) is 21.3 Å². The van der Waals surface area contributed by atoms with Gasteiger partial charge in [-0.3, -0.25) is 4.21 Å². The molecular formula is C19H27BO4S. The largest absolute Gasteiger partial charge is 0.494 e. The predicted octanol–water partition coefficient (Wildman–Crippen LogP) is 2.25. The van der Waals surface area contributed by atoms with E-state index in [9.17, 15) is 9.32 Å². The molecule has 4 nitrogen and oxygen atoms in total. The van der Waals surface area contributed by atoms with E-state index in [1.807, 2.05) is 52.0 Å². The average Bonchev–Trinajstić information content (AvgIpc) is 2.88. The van der Waals surface area contributed by atoms with Crippen LogP contribution in [0.5, 0.6) is 0 Å². The molecule has 2 bridgehead atoms. The first-order valence-electron chi connectivity index (χ1n) is 9.19. The van der Waals surface area contributed by atoms with Gasteiger partial charge in [0.1, 0.15) is 0 Å². The summed E-state index contributed by atoms with van der Waals surface area (Å²) in [5.74, 6) is 0. The molecule has 1 aromatic carbocycles. The van der Waals surface area contributed by atoms with Gasteiger partial charge in [0.2, 0.25) is 0 Å². The van der Waals surface area contributed by atoms with Crippen LogP contribution >= 0.6 is 0 Å². The molecule has 3 fully saturated rings. The van der Waals surface area contributed by atoms with Crippen molar-refractivity contribution < 1.29 is 18.6 Å². The van der Waals surface area contributed by atoms with Crippen molar-refractivity contribution in [1.82, 2.24) is 0 Å². The fraction of sp³-hybridized carbons (Fsp3) is 0.684. The highest BCUT2D eigenvalue weighted by atomic mass is 32.2. The predicted molar refractivity (Wildman–Crippen MR) is 100 cm³/mol. The molecule has 4 rings (SSSR count). The third-order valence-electron chi connectivity index (χ3n) is 6.57. The lowest BCUT2D eigenvalue weighted by atomic mass is 9.77. The van der Waals surface area contributed by atoms with Crippen LogP contribution in [0.15, 0.2) is 24.3 Å². The molecule has 0 aliphatic carbocycles. The smallest absolute Gasteiger partial charge is 0.399 e. The molecule has 0 saturated carbocycles. The zero-order chi connectivity index (χ0) is 18.0. The summed E-state index contributed by atoms with van der Waals surface area (Å²) in [4.78, 5) is 0. The number of hydrogen-bond donors (Lipinski definition) is 1. The highest BCUT2D eigenvalue weighted by Crippen LogP contribution is 2.45. The van der Waals surface area contributed by atoms with E-state index in [0.29, 0.717) is 12.8 Å². The zero-order valence-electron chi connectivity index (χ0n) is 15.5. The lowest BCUT2D eigenvalue weighted by Gasteiger charge is -2.36. The summed E-state index contributed by atoms with van der Waals surface area (Å²) < 4.78 is 24.4. The molecule has 2 unspecified atom stereocenters. The van der Waals surface area contributed by atoms with E-state index in [1.165, 1.54) is 0 Å². The Morgan fingerprint density at radius 2 is 1.48 bits per heavy atom. The van der Waals surface area contributed by atoms with Gasteiger partial charge < -0.3 is 14.4 Å². The van der Waals surface area contributed by atoms with Crippen LogP contribution in [-0.2, 0) is 25.7 Å². The van der Waals surface area contributed by atoms with E-state index in [4.69, 9.17) is 9.31 Å². The van der Waals surface area contributed by atoms with Crippen LogP contribution < -0.4 is 5.46 Å². The Labute approximate surface area is 152 Å². The van der Waals surface area contributed by atoms with Crippen molar-refractivity contribution >= 4 is 23.4 Å². The SMILES string of the molecule is CC1(C)OB(c2ccc(C3(O)CC4CCC(C3)S4=O)cc2)OC1(C)C. The standard InChI is InChI=1S/C19H27BO4S/c1-17(2)18(3,4)24-20(23-17)14-7-5-13(6-8-14)19(21)11-15-9-10-16(12-19)25(15)22/h5-8,15-16,21H,9-12H2,1-4H3. The third kappa shape index (κ3) is 2.82. The van der Waals surface area contributed by atoms with Crippen LogP contribution in [-0.4, -0.2) is 38.1 Å². The van der Waals surface area contributed by atoms with Gasteiger partial charge in [-0.15, -0.1) is 0 Å². The highest BCUT2D eigenvalue weighted by Gasteiger charge is 2.52. The molecule has 0 radical (unpaired) electrons. The molecule has 1 N–H and O–H groups in total. The molecule has 0 aromatic heterocycles. The summed E-state index contributed by atoms with van der Waals surface area (Å²) in [6.07, 6.45) is 3.16. The number of rotatable bonds is 2. The van der Waals surface area contributed by atoms with Crippen molar-refractivity contribution in [2.75, 3.05) is 0 Å². The van der Waals surface area contributed by atoms with E-state index >= 15 is 0 Å². The van der Waals surface area contributed by atoms with Gasteiger partial charge >= 0.3 is 7.12 Å².